The molecule has 0 spiro atoms. The fourth-order valence-electron chi connectivity index (χ4n) is 3.91. The van der Waals surface area contributed by atoms with Crippen LogP contribution < -0.4 is 10.6 Å². The zero-order valence-electron chi connectivity index (χ0n) is 16.4. The highest BCUT2D eigenvalue weighted by Crippen LogP contribution is 2.39. The first kappa shape index (κ1) is 18.5. The Morgan fingerprint density at radius 2 is 1.97 bits per heavy atom. The predicted octanol–water partition coefficient (Wildman–Crippen LogP) is 3.44. The average molecular weight is 408 g/mol. The van der Waals surface area contributed by atoms with Crippen LogP contribution in [0.15, 0.2) is 24.5 Å². The van der Waals surface area contributed by atoms with Gasteiger partial charge in [0, 0.05) is 29.9 Å². The Balaban J connectivity index is 1.32. The lowest BCUT2D eigenvalue weighted by atomic mass is 9.97. The number of aryl methyl sites for hydroxylation is 2. The van der Waals surface area contributed by atoms with Crippen molar-refractivity contribution < 1.29 is 4.79 Å². The molecule has 0 bridgehead atoms. The molecule has 7 heteroatoms. The van der Waals surface area contributed by atoms with Crippen molar-refractivity contribution in [1.29, 1.82) is 0 Å². The first-order chi connectivity index (χ1) is 14.3. The summed E-state index contributed by atoms with van der Waals surface area (Å²) in [7, 11) is 0. The van der Waals surface area contributed by atoms with Crippen molar-refractivity contribution in [3.05, 3.63) is 46.4 Å². The summed E-state index contributed by atoms with van der Waals surface area (Å²) in [6.45, 7) is 0.603. The van der Waals surface area contributed by atoms with Gasteiger partial charge in [-0.05, 0) is 68.2 Å². The third-order valence-electron chi connectivity index (χ3n) is 5.58. The number of carbonyl (C=O) groups excluding carboxylic acids is 1. The Hall–Kier alpha value is -2.54. The summed E-state index contributed by atoms with van der Waals surface area (Å²) in [6, 6.07) is 4.46. The van der Waals surface area contributed by atoms with Crippen molar-refractivity contribution in [3.63, 3.8) is 0 Å². The van der Waals surface area contributed by atoms with E-state index >= 15 is 0 Å². The SMILES string of the molecule is O=C(Cc1nc(NC2CC2)c2c3c(sc2n1)CCCC3)NCCc1ccncc1. The summed E-state index contributed by atoms with van der Waals surface area (Å²) in [5.41, 5.74) is 2.60. The molecule has 2 N–H and O–H groups in total. The fourth-order valence-corrected chi connectivity index (χ4v) is 5.19. The van der Waals surface area contributed by atoms with Gasteiger partial charge in [-0.25, -0.2) is 9.97 Å². The lowest BCUT2D eigenvalue weighted by molar-refractivity contribution is -0.120. The summed E-state index contributed by atoms with van der Waals surface area (Å²) in [6.07, 6.45) is 11.7. The van der Waals surface area contributed by atoms with Crippen molar-refractivity contribution in [2.24, 2.45) is 0 Å². The van der Waals surface area contributed by atoms with Crippen LogP contribution in [0.5, 0.6) is 0 Å². The lowest BCUT2D eigenvalue weighted by Crippen LogP contribution is -2.28. The summed E-state index contributed by atoms with van der Waals surface area (Å²) in [4.78, 5) is 28.5. The Morgan fingerprint density at radius 3 is 2.79 bits per heavy atom. The number of aromatic nitrogens is 3. The molecule has 1 saturated carbocycles. The number of anilines is 1. The molecule has 3 aromatic rings. The Morgan fingerprint density at radius 1 is 1.14 bits per heavy atom. The minimum Gasteiger partial charge on any atom is -0.367 e. The smallest absolute Gasteiger partial charge is 0.227 e. The van der Waals surface area contributed by atoms with Crippen molar-refractivity contribution >= 4 is 33.3 Å². The summed E-state index contributed by atoms with van der Waals surface area (Å²) in [5, 5.41) is 7.79. The van der Waals surface area contributed by atoms with Gasteiger partial charge in [-0.3, -0.25) is 9.78 Å². The number of amides is 1. The molecule has 2 aliphatic rings. The maximum Gasteiger partial charge on any atom is 0.227 e. The molecule has 29 heavy (non-hydrogen) atoms. The van der Waals surface area contributed by atoms with E-state index in [2.05, 4.69) is 15.6 Å². The number of pyridine rings is 1. The standard InChI is InChI=1S/C22H25N5OS/c28-19(24-12-9-14-7-10-23-11-8-14)13-18-26-21(25-15-5-6-15)20-16-3-1-2-4-17(16)29-22(20)27-18/h7-8,10-11,15H,1-6,9,12-13H2,(H,24,28)(H,25,26,27). The predicted molar refractivity (Wildman–Crippen MR) is 115 cm³/mol. The van der Waals surface area contributed by atoms with Crippen LogP contribution in [-0.4, -0.2) is 33.4 Å². The second kappa shape index (κ2) is 8.06. The van der Waals surface area contributed by atoms with Crippen LogP contribution in [0.25, 0.3) is 10.2 Å². The topological polar surface area (TPSA) is 79.8 Å². The van der Waals surface area contributed by atoms with E-state index in [0.717, 1.165) is 35.5 Å². The molecular formula is C22H25N5OS. The molecular weight excluding hydrogens is 382 g/mol. The second-order valence-corrected chi connectivity index (χ2v) is 9.01. The van der Waals surface area contributed by atoms with Gasteiger partial charge in [-0.2, -0.15) is 0 Å². The van der Waals surface area contributed by atoms with Gasteiger partial charge in [0.1, 0.15) is 16.5 Å². The lowest BCUT2D eigenvalue weighted by Gasteiger charge is -2.13. The third kappa shape index (κ3) is 4.24. The number of nitrogens with one attached hydrogen (secondary N) is 2. The zero-order valence-corrected chi connectivity index (χ0v) is 17.2. The van der Waals surface area contributed by atoms with Crippen molar-refractivity contribution in [2.75, 3.05) is 11.9 Å². The highest BCUT2D eigenvalue weighted by atomic mass is 32.1. The van der Waals surface area contributed by atoms with Crippen LogP contribution in [0.1, 0.15) is 47.5 Å². The minimum absolute atomic E-state index is 0.0305. The third-order valence-corrected chi connectivity index (χ3v) is 6.77. The average Bonchev–Trinajstić information content (AvgIpc) is 3.46. The number of hydrogen-bond acceptors (Lipinski definition) is 6. The number of fused-ring (bicyclic) bond motifs is 3. The number of hydrogen-bond donors (Lipinski definition) is 2. The van der Waals surface area contributed by atoms with Gasteiger partial charge in [-0.1, -0.05) is 0 Å². The van der Waals surface area contributed by atoms with Gasteiger partial charge in [-0.15, -0.1) is 11.3 Å². The van der Waals surface area contributed by atoms with E-state index in [1.54, 1.807) is 23.7 Å². The molecule has 2 aliphatic carbocycles. The van der Waals surface area contributed by atoms with Gasteiger partial charge >= 0.3 is 0 Å². The molecule has 0 saturated heterocycles. The van der Waals surface area contributed by atoms with Crippen molar-refractivity contribution in [1.82, 2.24) is 20.3 Å². The molecule has 0 aromatic carbocycles. The van der Waals surface area contributed by atoms with E-state index in [1.165, 1.54) is 41.5 Å². The molecule has 0 aliphatic heterocycles. The Kier molecular flexibility index (Phi) is 5.14. The van der Waals surface area contributed by atoms with E-state index in [0.29, 0.717) is 18.4 Å². The highest BCUT2D eigenvalue weighted by Gasteiger charge is 2.26. The summed E-state index contributed by atoms with van der Waals surface area (Å²) in [5.74, 6) is 1.52. The summed E-state index contributed by atoms with van der Waals surface area (Å²) < 4.78 is 0. The highest BCUT2D eigenvalue weighted by molar-refractivity contribution is 7.19. The molecule has 6 nitrogen and oxygen atoms in total. The van der Waals surface area contributed by atoms with Crippen LogP contribution in [0.2, 0.25) is 0 Å². The van der Waals surface area contributed by atoms with Gasteiger partial charge in [0.05, 0.1) is 11.8 Å². The van der Waals surface area contributed by atoms with Crippen LogP contribution in [0.3, 0.4) is 0 Å². The number of thiophene rings is 1. The molecule has 1 amide bonds. The first-order valence-electron chi connectivity index (χ1n) is 10.5. The minimum atomic E-state index is -0.0305. The number of nitrogens with zero attached hydrogens (tertiary/aromatic N) is 3. The monoisotopic (exact) mass is 407 g/mol. The van der Waals surface area contributed by atoms with E-state index in [4.69, 9.17) is 9.97 Å². The van der Waals surface area contributed by atoms with E-state index < -0.39 is 0 Å². The largest absolute Gasteiger partial charge is 0.367 e. The van der Waals surface area contributed by atoms with Crippen LogP contribution in [0, 0.1) is 0 Å². The molecule has 3 heterocycles. The summed E-state index contributed by atoms with van der Waals surface area (Å²) >= 11 is 1.79. The molecule has 3 aromatic heterocycles. The quantitative estimate of drug-likeness (QED) is 0.627. The maximum atomic E-state index is 12.5. The number of carbonyl (C=O) groups is 1. The molecule has 0 atom stereocenters. The van der Waals surface area contributed by atoms with Crippen molar-refractivity contribution in [3.8, 4) is 0 Å². The maximum absolute atomic E-state index is 12.5. The molecule has 150 valence electrons. The van der Waals surface area contributed by atoms with E-state index in [-0.39, 0.29) is 12.3 Å². The van der Waals surface area contributed by atoms with Crippen molar-refractivity contribution in [2.45, 2.75) is 57.4 Å². The Labute approximate surface area is 174 Å². The van der Waals surface area contributed by atoms with Gasteiger partial charge in [0.2, 0.25) is 5.91 Å². The second-order valence-electron chi connectivity index (χ2n) is 7.93. The molecule has 5 rings (SSSR count). The molecule has 0 unspecified atom stereocenters. The zero-order chi connectivity index (χ0) is 19.6. The Bertz CT molecular complexity index is 1030. The van der Waals surface area contributed by atoms with E-state index in [1.807, 2.05) is 12.1 Å². The van der Waals surface area contributed by atoms with Gasteiger partial charge in [0.25, 0.3) is 0 Å². The normalized spacial score (nSPS) is 15.9. The van der Waals surface area contributed by atoms with Gasteiger partial charge < -0.3 is 10.6 Å². The fraction of sp³-hybridized carbons (Fsp3) is 0.455. The van der Waals surface area contributed by atoms with E-state index in [9.17, 15) is 4.79 Å². The van der Waals surface area contributed by atoms with Crippen LogP contribution in [0.4, 0.5) is 5.82 Å². The van der Waals surface area contributed by atoms with Crippen LogP contribution in [-0.2, 0) is 30.5 Å². The molecule has 1 fully saturated rings. The van der Waals surface area contributed by atoms with Gasteiger partial charge in [0.15, 0.2) is 0 Å². The van der Waals surface area contributed by atoms with Crippen LogP contribution >= 0.6 is 11.3 Å². The number of rotatable bonds is 7. The molecule has 0 radical (unpaired) electrons. The first-order valence-corrected chi connectivity index (χ1v) is 11.3.